The van der Waals surface area contributed by atoms with Gasteiger partial charge in [-0.05, 0) is 35.8 Å². The Hall–Kier alpha value is -1.20. The summed E-state index contributed by atoms with van der Waals surface area (Å²) in [5.74, 6) is 0.949. The van der Waals surface area contributed by atoms with Gasteiger partial charge in [0.05, 0.1) is 6.61 Å². The molecule has 1 saturated carbocycles. The molecule has 2 N–H and O–H groups in total. The molecular weight excluding hydrogens is 284 g/mol. The summed E-state index contributed by atoms with van der Waals surface area (Å²) in [4.78, 5) is 14.0. The normalized spacial score (nSPS) is 14.3. The number of amides is 2. The first-order valence-electron chi connectivity index (χ1n) is 7.49. The predicted octanol–water partition coefficient (Wildman–Crippen LogP) is 3.32. The Kier molecular flexibility index (Phi) is 5.94. The molecule has 21 heavy (non-hydrogen) atoms. The van der Waals surface area contributed by atoms with Crippen LogP contribution in [0.1, 0.15) is 32.3 Å². The number of carbonyl (C=O) groups excluding carboxylic acids is 1. The van der Waals surface area contributed by atoms with Gasteiger partial charge in [-0.3, -0.25) is 0 Å². The quantitative estimate of drug-likeness (QED) is 0.812. The van der Waals surface area contributed by atoms with E-state index in [1.54, 1.807) is 4.90 Å². The van der Waals surface area contributed by atoms with Crippen molar-refractivity contribution in [3.8, 4) is 0 Å². The van der Waals surface area contributed by atoms with Crippen molar-refractivity contribution in [1.82, 2.24) is 4.90 Å². The van der Waals surface area contributed by atoms with Crippen molar-refractivity contribution in [2.75, 3.05) is 18.5 Å². The molecule has 2 rings (SSSR count). The summed E-state index contributed by atoms with van der Waals surface area (Å²) in [5.41, 5.74) is 2.04. The molecule has 2 amide bonds. The molecule has 0 heterocycles. The summed E-state index contributed by atoms with van der Waals surface area (Å²) in [5, 5.41) is 12.6. The van der Waals surface area contributed by atoms with Crippen LogP contribution >= 0.6 is 11.8 Å². The molecule has 1 fully saturated rings. The molecule has 0 atom stereocenters. The third-order valence-electron chi connectivity index (χ3n) is 3.35. The number of hydrogen-bond donors (Lipinski definition) is 2. The highest BCUT2D eigenvalue weighted by Gasteiger charge is 2.32. The second-order valence-electron chi connectivity index (χ2n) is 5.64. The van der Waals surface area contributed by atoms with Gasteiger partial charge >= 0.3 is 6.03 Å². The van der Waals surface area contributed by atoms with Crippen LogP contribution in [0, 0.1) is 0 Å². The first-order chi connectivity index (χ1) is 10.1. The van der Waals surface area contributed by atoms with E-state index in [2.05, 4.69) is 25.2 Å². The first kappa shape index (κ1) is 16.2. The number of thioether (sulfide) groups is 1. The van der Waals surface area contributed by atoms with Crippen LogP contribution in [0.4, 0.5) is 10.5 Å². The van der Waals surface area contributed by atoms with E-state index >= 15 is 0 Å². The number of rotatable bonds is 7. The Balaban J connectivity index is 1.94. The Morgan fingerprint density at radius 3 is 2.86 bits per heavy atom. The molecule has 0 bridgehead atoms. The molecular formula is C16H24N2O2S. The highest BCUT2D eigenvalue weighted by molar-refractivity contribution is 7.99. The van der Waals surface area contributed by atoms with Crippen LogP contribution in [0.3, 0.4) is 0 Å². The van der Waals surface area contributed by atoms with Gasteiger partial charge in [-0.25, -0.2) is 4.79 Å². The lowest BCUT2D eigenvalue weighted by atomic mass is 10.2. The number of carbonyl (C=O) groups is 1. The van der Waals surface area contributed by atoms with Gasteiger partial charge in [0.25, 0.3) is 0 Å². The number of aliphatic hydroxyl groups excluding tert-OH is 1. The number of urea groups is 1. The van der Waals surface area contributed by atoms with Crippen molar-refractivity contribution >= 4 is 23.5 Å². The minimum absolute atomic E-state index is 0.00892. The topological polar surface area (TPSA) is 52.6 Å². The zero-order valence-corrected chi connectivity index (χ0v) is 13.5. The van der Waals surface area contributed by atoms with Crippen molar-refractivity contribution in [2.45, 2.75) is 43.7 Å². The van der Waals surface area contributed by atoms with Crippen LogP contribution < -0.4 is 5.32 Å². The molecule has 0 spiro atoms. The molecule has 1 aliphatic rings. The third-order valence-corrected chi connectivity index (χ3v) is 4.52. The van der Waals surface area contributed by atoms with Gasteiger partial charge in [0.2, 0.25) is 0 Å². The van der Waals surface area contributed by atoms with Gasteiger partial charge in [-0.1, -0.05) is 26.0 Å². The van der Waals surface area contributed by atoms with E-state index < -0.39 is 0 Å². The Bertz CT molecular complexity index is 475. The van der Waals surface area contributed by atoms with Gasteiger partial charge in [-0.2, -0.15) is 11.8 Å². The van der Waals surface area contributed by atoms with E-state index in [1.165, 1.54) is 5.56 Å². The number of benzene rings is 1. The van der Waals surface area contributed by atoms with Gasteiger partial charge in [0.15, 0.2) is 0 Å². The summed E-state index contributed by atoms with van der Waals surface area (Å²) in [6.45, 7) is 4.77. The number of aliphatic hydroxyl groups is 1. The predicted molar refractivity (Wildman–Crippen MR) is 88.7 cm³/mol. The Morgan fingerprint density at radius 2 is 2.24 bits per heavy atom. The zero-order valence-electron chi connectivity index (χ0n) is 12.7. The average Bonchev–Trinajstić information content (AvgIpc) is 3.27. The molecule has 1 aromatic carbocycles. The van der Waals surface area contributed by atoms with Crippen molar-refractivity contribution < 1.29 is 9.90 Å². The number of nitrogens with zero attached hydrogens (tertiary/aromatic N) is 1. The van der Waals surface area contributed by atoms with Crippen molar-refractivity contribution in [3.63, 3.8) is 0 Å². The van der Waals surface area contributed by atoms with E-state index in [9.17, 15) is 4.79 Å². The minimum atomic E-state index is -0.111. The van der Waals surface area contributed by atoms with Crippen molar-refractivity contribution in [1.29, 1.82) is 0 Å². The Labute approximate surface area is 130 Å². The maximum atomic E-state index is 12.3. The smallest absolute Gasteiger partial charge is 0.322 e. The van der Waals surface area contributed by atoms with Crippen LogP contribution in [0.2, 0.25) is 0 Å². The molecule has 0 radical (unpaired) electrons. The van der Waals surface area contributed by atoms with Gasteiger partial charge in [0.1, 0.15) is 0 Å². The lowest BCUT2D eigenvalue weighted by molar-refractivity contribution is 0.185. The fourth-order valence-electron chi connectivity index (χ4n) is 2.14. The molecule has 116 valence electrons. The van der Waals surface area contributed by atoms with Crippen LogP contribution in [0.25, 0.3) is 0 Å². The molecule has 1 aliphatic carbocycles. The fraction of sp³-hybridized carbons (Fsp3) is 0.562. The third kappa shape index (κ3) is 5.25. The molecule has 0 aliphatic heterocycles. The Morgan fingerprint density at radius 1 is 1.48 bits per heavy atom. The lowest BCUT2D eigenvalue weighted by Gasteiger charge is -2.22. The second-order valence-corrected chi connectivity index (χ2v) is 7.20. The van der Waals surface area contributed by atoms with E-state index in [-0.39, 0.29) is 12.6 Å². The maximum Gasteiger partial charge on any atom is 0.322 e. The standard InChI is InChI=1S/C16H24N2O2S/c1-12(2)21-11-13-4-3-5-14(10-13)17-16(20)18(8-9-19)15-6-7-15/h3-5,10,12,15,19H,6-9,11H2,1-2H3,(H,17,20). The second kappa shape index (κ2) is 7.71. The van der Waals surface area contributed by atoms with Crippen molar-refractivity contribution in [3.05, 3.63) is 29.8 Å². The first-order valence-corrected chi connectivity index (χ1v) is 8.54. The molecule has 1 aromatic rings. The summed E-state index contributed by atoms with van der Waals surface area (Å²) in [6, 6.07) is 8.18. The molecule has 0 unspecified atom stereocenters. The average molecular weight is 308 g/mol. The summed E-state index contributed by atoms with van der Waals surface area (Å²) in [7, 11) is 0. The van der Waals surface area contributed by atoms with E-state index in [1.807, 2.05) is 30.0 Å². The van der Waals surface area contributed by atoms with Crippen molar-refractivity contribution in [2.24, 2.45) is 0 Å². The lowest BCUT2D eigenvalue weighted by Crippen LogP contribution is -2.38. The summed E-state index contributed by atoms with van der Waals surface area (Å²) >= 11 is 1.89. The molecule has 5 heteroatoms. The van der Waals surface area contributed by atoms with Gasteiger partial charge in [-0.15, -0.1) is 0 Å². The van der Waals surface area contributed by atoms with Crippen LogP contribution in [0.5, 0.6) is 0 Å². The monoisotopic (exact) mass is 308 g/mol. The van der Waals surface area contributed by atoms with Crippen LogP contribution in [0.15, 0.2) is 24.3 Å². The van der Waals surface area contributed by atoms with Crippen LogP contribution in [-0.4, -0.2) is 40.5 Å². The summed E-state index contributed by atoms with van der Waals surface area (Å²) in [6.07, 6.45) is 2.08. The number of hydrogen-bond acceptors (Lipinski definition) is 3. The molecule has 4 nitrogen and oxygen atoms in total. The fourth-order valence-corrected chi connectivity index (χ4v) is 2.85. The van der Waals surface area contributed by atoms with Gasteiger partial charge in [0, 0.05) is 24.0 Å². The SMILES string of the molecule is CC(C)SCc1cccc(NC(=O)N(CCO)C2CC2)c1. The van der Waals surface area contributed by atoms with Gasteiger partial charge < -0.3 is 15.3 Å². The summed E-state index contributed by atoms with van der Waals surface area (Å²) < 4.78 is 0. The minimum Gasteiger partial charge on any atom is -0.395 e. The van der Waals surface area contributed by atoms with Crippen LogP contribution in [-0.2, 0) is 5.75 Å². The highest BCUT2D eigenvalue weighted by atomic mass is 32.2. The van der Waals surface area contributed by atoms with E-state index in [4.69, 9.17) is 5.11 Å². The zero-order chi connectivity index (χ0) is 15.2. The number of nitrogens with one attached hydrogen (secondary N) is 1. The number of anilines is 1. The van der Waals surface area contributed by atoms with E-state index in [0.717, 1.165) is 24.3 Å². The largest absolute Gasteiger partial charge is 0.395 e. The maximum absolute atomic E-state index is 12.3. The molecule has 0 saturated heterocycles. The van der Waals surface area contributed by atoms with E-state index in [0.29, 0.717) is 17.8 Å². The highest BCUT2D eigenvalue weighted by Crippen LogP contribution is 2.27. The molecule has 0 aromatic heterocycles.